The van der Waals surface area contributed by atoms with Crippen molar-refractivity contribution < 1.29 is 14.7 Å². The maximum absolute atomic E-state index is 12.3. The summed E-state index contributed by atoms with van der Waals surface area (Å²) >= 11 is 0. The van der Waals surface area contributed by atoms with Gasteiger partial charge in [0.25, 0.3) is 0 Å². The molecule has 0 radical (unpaired) electrons. The fourth-order valence-corrected chi connectivity index (χ4v) is 2.86. The van der Waals surface area contributed by atoms with Crippen LogP contribution in [-0.4, -0.2) is 46.6 Å². The first-order chi connectivity index (χ1) is 9.81. The van der Waals surface area contributed by atoms with Gasteiger partial charge in [-0.05, 0) is 40.5 Å². The van der Waals surface area contributed by atoms with E-state index < -0.39 is 6.10 Å². The van der Waals surface area contributed by atoms with Gasteiger partial charge < -0.3 is 15.3 Å². The van der Waals surface area contributed by atoms with Crippen LogP contribution in [0.1, 0.15) is 59.8 Å². The molecule has 1 saturated carbocycles. The number of hydrogen-bond acceptors (Lipinski definition) is 3. The van der Waals surface area contributed by atoms with Gasteiger partial charge in [-0.25, -0.2) is 0 Å². The first kappa shape index (κ1) is 18.0. The van der Waals surface area contributed by atoms with Gasteiger partial charge in [-0.3, -0.25) is 9.59 Å². The molecular weight excluding hydrogens is 268 g/mol. The van der Waals surface area contributed by atoms with E-state index in [1.54, 1.807) is 11.8 Å². The van der Waals surface area contributed by atoms with Crippen molar-refractivity contribution in [3.05, 3.63) is 0 Å². The summed E-state index contributed by atoms with van der Waals surface area (Å²) in [5, 5.41) is 12.4. The predicted molar refractivity (Wildman–Crippen MR) is 82.7 cm³/mol. The zero-order valence-corrected chi connectivity index (χ0v) is 13.8. The van der Waals surface area contributed by atoms with Crippen LogP contribution in [0.4, 0.5) is 0 Å². The van der Waals surface area contributed by atoms with E-state index in [4.69, 9.17) is 0 Å². The van der Waals surface area contributed by atoms with Crippen molar-refractivity contribution in [2.75, 3.05) is 6.54 Å². The summed E-state index contributed by atoms with van der Waals surface area (Å²) in [4.78, 5) is 26.0. The van der Waals surface area contributed by atoms with Gasteiger partial charge in [-0.2, -0.15) is 0 Å². The minimum Gasteiger partial charge on any atom is -0.392 e. The quantitative estimate of drug-likeness (QED) is 0.751. The number of carbonyl (C=O) groups excluding carboxylic acids is 2. The molecule has 0 aromatic carbocycles. The van der Waals surface area contributed by atoms with Crippen molar-refractivity contribution in [2.24, 2.45) is 5.92 Å². The topological polar surface area (TPSA) is 69.6 Å². The van der Waals surface area contributed by atoms with Crippen molar-refractivity contribution in [1.82, 2.24) is 10.2 Å². The molecule has 1 fully saturated rings. The summed E-state index contributed by atoms with van der Waals surface area (Å²) in [6.45, 7) is 7.74. The number of hydrogen-bond donors (Lipinski definition) is 2. The summed E-state index contributed by atoms with van der Waals surface area (Å²) < 4.78 is 0. The second-order valence-electron chi connectivity index (χ2n) is 6.58. The number of amides is 2. The van der Waals surface area contributed by atoms with Crippen LogP contribution in [0.2, 0.25) is 0 Å². The predicted octanol–water partition coefficient (Wildman–Crippen LogP) is 1.69. The van der Waals surface area contributed by atoms with Gasteiger partial charge in [0.1, 0.15) is 0 Å². The minimum atomic E-state index is -0.542. The molecule has 0 aromatic rings. The van der Waals surface area contributed by atoms with Gasteiger partial charge in [0.15, 0.2) is 0 Å². The van der Waals surface area contributed by atoms with Crippen molar-refractivity contribution in [1.29, 1.82) is 0 Å². The largest absolute Gasteiger partial charge is 0.392 e. The molecule has 2 unspecified atom stereocenters. The number of nitrogens with one attached hydrogen (secondary N) is 1. The fourth-order valence-electron chi connectivity index (χ4n) is 2.86. The Morgan fingerprint density at radius 3 is 2.24 bits per heavy atom. The van der Waals surface area contributed by atoms with Crippen LogP contribution < -0.4 is 5.32 Å². The second-order valence-corrected chi connectivity index (χ2v) is 6.58. The van der Waals surface area contributed by atoms with Crippen LogP contribution in [-0.2, 0) is 9.59 Å². The summed E-state index contributed by atoms with van der Waals surface area (Å²) in [6, 6.07) is -0.120. The van der Waals surface area contributed by atoms with Gasteiger partial charge in [0, 0.05) is 31.0 Å². The molecule has 2 atom stereocenters. The third-order valence-corrected chi connectivity index (χ3v) is 4.00. The summed E-state index contributed by atoms with van der Waals surface area (Å²) in [5.74, 6) is 0.186. The Morgan fingerprint density at radius 2 is 1.76 bits per heavy atom. The van der Waals surface area contributed by atoms with Crippen LogP contribution in [0.25, 0.3) is 0 Å². The monoisotopic (exact) mass is 298 g/mol. The Kier molecular flexibility index (Phi) is 7.15. The van der Waals surface area contributed by atoms with E-state index >= 15 is 0 Å². The molecule has 0 aliphatic heterocycles. The zero-order chi connectivity index (χ0) is 16.0. The maximum atomic E-state index is 12.3. The Hall–Kier alpha value is -1.10. The van der Waals surface area contributed by atoms with Crippen LogP contribution in [0.3, 0.4) is 0 Å². The van der Waals surface area contributed by atoms with Crippen LogP contribution >= 0.6 is 0 Å². The average Bonchev–Trinajstić information content (AvgIpc) is 2.88. The molecule has 2 N–H and O–H groups in total. The molecule has 1 aliphatic carbocycles. The minimum absolute atomic E-state index is 0.0230. The van der Waals surface area contributed by atoms with Gasteiger partial charge in [0.2, 0.25) is 11.8 Å². The number of aliphatic hydroxyl groups is 1. The first-order valence-electron chi connectivity index (χ1n) is 8.09. The second kappa shape index (κ2) is 8.37. The van der Waals surface area contributed by atoms with Crippen molar-refractivity contribution in [3.63, 3.8) is 0 Å². The third kappa shape index (κ3) is 6.04. The lowest BCUT2D eigenvalue weighted by molar-refractivity contribution is -0.135. The number of rotatable bonds is 7. The van der Waals surface area contributed by atoms with E-state index in [1.165, 1.54) is 0 Å². The molecule has 5 heteroatoms. The lowest BCUT2D eigenvalue weighted by Crippen LogP contribution is -2.45. The summed E-state index contributed by atoms with van der Waals surface area (Å²) in [6.07, 6.45) is 3.92. The molecular formula is C16H30N2O3. The van der Waals surface area contributed by atoms with E-state index in [-0.39, 0.29) is 36.2 Å². The van der Waals surface area contributed by atoms with Crippen molar-refractivity contribution in [2.45, 2.75) is 78.0 Å². The van der Waals surface area contributed by atoms with Crippen LogP contribution in [0.5, 0.6) is 0 Å². The molecule has 1 rings (SSSR count). The summed E-state index contributed by atoms with van der Waals surface area (Å²) in [7, 11) is 0. The molecule has 0 aromatic heterocycles. The number of carbonyl (C=O) groups is 2. The van der Waals surface area contributed by atoms with Gasteiger partial charge >= 0.3 is 0 Å². The van der Waals surface area contributed by atoms with E-state index in [2.05, 4.69) is 5.32 Å². The van der Waals surface area contributed by atoms with E-state index in [9.17, 15) is 14.7 Å². The van der Waals surface area contributed by atoms with Gasteiger partial charge in [-0.1, -0.05) is 12.8 Å². The van der Waals surface area contributed by atoms with E-state index in [0.29, 0.717) is 6.54 Å². The lowest BCUT2D eigenvalue weighted by atomic mass is 10.1. The number of nitrogens with zero attached hydrogens (tertiary/aromatic N) is 1. The lowest BCUT2D eigenvalue weighted by Gasteiger charge is -2.29. The standard InChI is InChI=1S/C16H30N2O3/c1-11(2)18(10-13(4)19)15(20)9-12(3)17-16(21)14-7-5-6-8-14/h11-14,19H,5-10H2,1-4H3,(H,17,21). The smallest absolute Gasteiger partial charge is 0.224 e. The highest BCUT2D eigenvalue weighted by atomic mass is 16.3. The van der Waals surface area contributed by atoms with E-state index in [0.717, 1.165) is 25.7 Å². The SMILES string of the molecule is CC(O)CN(C(=O)CC(C)NC(=O)C1CCCC1)C(C)C. The third-order valence-electron chi connectivity index (χ3n) is 4.00. The molecule has 5 nitrogen and oxygen atoms in total. The first-order valence-corrected chi connectivity index (χ1v) is 8.09. The Balaban J connectivity index is 2.45. The molecule has 21 heavy (non-hydrogen) atoms. The van der Waals surface area contributed by atoms with E-state index in [1.807, 2.05) is 20.8 Å². The van der Waals surface area contributed by atoms with Crippen LogP contribution in [0, 0.1) is 5.92 Å². The highest BCUT2D eigenvalue weighted by molar-refractivity contribution is 5.81. The molecule has 122 valence electrons. The molecule has 0 heterocycles. The Bertz CT molecular complexity index is 349. The highest BCUT2D eigenvalue weighted by Gasteiger charge is 2.25. The Morgan fingerprint density at radius 1 is 1.19 bits per heavy atom. The van der Waals surface area contributed by atoms with Crippen molar-refractivity contribution in [3.8, 4) is 0 Å². The van der Waals surface area contributed by atoms with Gasteiger partial charge in [0.05, 0.1) is 6.10 Å². The molecule has 0 bridgehead atoms. The van der Waals surface area contributed by atoms with Crippen molar-refractivity contribution >= 4 is 11.8 Å². The average molecular weight is 298 g/mol. The van der Waals surface area contributed by atoms with Gasteiger partial charge in [-0.15, -0.1) is 0 Å². The maximum Gasteiger partial charge on any atom is 0.224 e. The molecule has 2 amide bonds. The van der Waals surface area contributed by atoms with Crippen LogP contribution in [0.15, 0.2) is 0 Å². The summed E-state index contributed by atoms with van der Waals surface area (Å²) in [5.41, 5.74) is 0. The molecule has 1 aliphatic rings. The Labute approximate surface area is 128 Å². The highest BCUT2D eigenvalue weighted by Crippen LogP contribution is 2.24. The molecule has 0 saturated heterocycles. The molecule has 0 spiro atoms. The number of aliphatic hydroxyl groups excluding tert-OH is 1. The zero-order valence-electron chi connectivity index (χ0n) is 13.8. The fraction of sp³-hybridized carbons (Fsp3) is 0.875. The normalized spacial score (nSPS) is 18.6.